The summed E-state index contributed by atoms with van der Waals surface area (Å²) < 4.78 is 19.0. The molecule has 2 unspecified atom stereocenters. The summed E-state index contributed by atoms with van der Waals surface area (Å²) in [6.07, 6.45) is 3.94. The van der Waals surface area contributed by atoms with Crippen molar-refractivity contribution in [3.05, 3.63) is 74.8 Å². The highest BCUT2D eigenvalue weighted by molar-refractivity contribution is 5.82. The number of hydrogen-bond donors (Lipinski definition) is 1. The van der Waals surface area contributed by atoms with Crippen LogP contribution in [0.25, 0.3) is 10.9 Å². The summed E-state index contributed by atoms with van der Waals surface area (Å²) >= 11 is 0. The Morgan fingerprint density at radius 3 is 2.83 bits per heavy atom. The molecule has 6 rings (SSSR count). The van der Waals surface area contributed by atoms with Crippen LogP contribution in [0.1, 0.15) is 66.7 Å². The number of pyridine rings is 1. The van der Waals surface area contributed by atoms with E-state index >= 15 is 0 Å². The lowest BCUT2D eigenvalue weighted by atomic mass is 10.0. The van der Waals surface area contributed by atoms with E-state index in [1.807, 2.05) is 29.8 Å². The van der Waals surface area contributed by atoms with Gasteiger partial charge in [0.15, 0.2) is 17.3 Å². The zero-order valence-corrected chi connectivity index (χ0v) is 23.4. The summed E-state index contributed by atoms with van der Waals surface area (Å²) in [5, 5.41) is 14.0. The van der Waals surface area contributed by atoms with Gasteiger partial charge in [0, 0.05) is 25.3 Å². The van der Waals surface area contributed by atoms with Gasteiger partial charge < -0.3 is 19.2 Å². The Bertz CT molecular complexity index is 1560. The van der Waals surface area contributed by atoms with Gasteiger partial charge in [0.25, 0.3) is 5.56 Å². The highest BCUT2D eigenvalue weighted by Crippen LogP contribution is 2.35. The van der Waals surface area contributed by atoms with Gasteiger partial charge in [0.05, 0.1) is 24.2 Å². The van der Waals surface area contributed by atoms with Gasteiger partial charge >= 0.3 is 0 Å². The van der Waals surface area contributed by atoms with Crippen molar-refractivity contribution in [3.63, 3.8) is 0 Å². The third-order valence-corrected chi connectivity index (χ3v) is 7.83. The first-order valence-electron chi connectivity index (χ1n) is 14.1. The van der Waals surface area contributed by atoms with Gasteiger partial charge in [-0.2, -0.15) is 0 Å². The molecule has 2 aromatic carbocycles. The molecule has 10 nitrogen and oxygen atoms in total. The highest BCUT2D eigenvalue weighted by atomic mass is 16.7. The van der Waals surface area contributed by atoms with Gasteiger partial charge in [-0.3, -0.25) is 9.69 Å². The van der Waals surface area contributed by atoms with E-state index in [1.165, 1.54) is 0 Å². The quantitative estimate of drug-likeness (QED) is 0.309. The lowest BCUT2D eigenvalue weighted by Gasteiger charge is -2.31. The molecule has 40 heavy (non-hydrogen) atoms. The average molecular weight is 545 g/mol. The lowest BCUT2D eigenvalue weighted by Crippen LogP contribution is -2.33. The number of benzene rings is 2. The molecule has 1 N–H and O–H groups in total. The molecule has 0 spiro atoms. The molecule has 0 radical (unpaired) electrons. The predicted octanol–water partition coefficient (Wildman–Crippen LogP) is 4.58. The number of fused-ring (bicyclic) bond motifs is 2. The highest BCUT2D eigenvalue weighted by Gasteiger charge is 2.29. The van der Waals surface area contributed by atoms with Crippen LogP contribution >= 0.6 is 0 Å². The van der Waals surface area contributed by atoms with E-state index in [1.54, 1.807) is 0 Å². The van der Waals surface area contributed by atoms with Crippen molar-refractivity contribution < 1.29 is 14.2 Å². The number of hydrogen-bond acceptors (Lipinski definition) is 8. The van der Waals surface area contributed by atoms with E-state index < -0.39 is 0 Å². The Kier molecular flexibility index (Phi) is 7.53. The second kappa shape index (κ2) is 11.4. The molecule has 4 heterocycles. The second-order valence-electron chi connectivity index (χ2n) is 10.9. The molecule has 10 heteroatoms. The topological polar surface area (TPSA) is 107 Å². The smallest absolute Gasteiger partial charge is 0.252 e. The Labute approximate surface area is 233 Å². The average Bonchev–Trinajstić information content (AvgIpc) is 3.71. The molecule has 0 aliphatic carbocycles. The molecule has 2 aliphatic rings. The van der Waals surface area contributed by atoms with Crippen molar-refractivity contribution in [1.29, 1.82) is 0 Å². The molecule has 0 bridgehead atoms. The normalized spacial score (nSPS) is 17.2. The summed E-state index contributed by atoms with van der Waals surface area (Å²) in [6, 6.07) is 12.1. The Hall–Kier alpha value is -3.76. The zero-order chi connectivity index (χ0) is 27.6. The first-order chi connectivity index (χ1) is 19.5. The van der Waals surface area contributed by atoms with E-state index in [0.29, 0.717) is 25.2 Å². The van der Waals surface area contributed by atoms with Crippen molar-refractivity contribution in [2.24, 2.45) is 0 Å². The molecule has 4 aromatic rings. The summed E-state index contributed by atoms with van der Waals surface area (Å²) in [5.74, 6) is 2.28. The van der Waals surface area contributed by atoms with E-state index in [0.717, 1.165) is 77.2 Å². The van der Waals surface area contributed by atoms with Crippen LogP contribution in [-0.2, 0) is 24.4 Å². The van der Waals surface area contributed by atoms with Crippen LogP contribution in [-0.4, -0.2) is 49.6 Å². The predicted molar refractivity (Wildman–Crippen MR) is 150 cm³/mol. The fraction of sp³-hybridized carbons (Fsp3) is 0.467. The van der Waals surface area contributed by atoms with Crippen molar-refractivity contribution in [2.45, 2.75) is 78.2 Å². The molecule has 2 aliphatic heterocycles. The van der Waals surface area contributed by atoms with Gasteiger partial charge in [-0.25, -0.2) is 4.68 Å². The van der Waals surface area contributed by atoms with Crippen LogP contribution in [0, 0.1) is 13.8 Å². The van der Waals surface area contributed by atoms with Crippen LogP contribution in [0.5, 0.6) is 11.5 Å². The fourth-order valence-corrected chi connectivity index (χ4v) is 5.93. The molecule has 2 aromatic heterocycles. The third-order valence-electron chi connectivity index (χ3n) is 7.83. The van der Waals surface area contributed by atoms with Crippen LogP contribution in [0.3, 0.4) is 0 Å². The first kappa shape index (κ1) is 26.5. The minimum Gasteiger partial charge on any atom is -0.454 e. The van der Waals surface area contributed by atoms with Crippen LogP contribution in [0.4, 0.5) is 0 Å². The van der Waals surface area contributed by atoms with Gasteiger partial charge in [0.1, 0.15) is 0 Å². The Balaban J connectivity index is 1.38. The molecular weight excluding hydrogens is 508 g/mol. The van der Waals surface area contributed by atoms with Gasteiger partial charge in [-0.05, 0) is 84.3 Å². The zero-order valence-electron chi connectivity index (χ0n) is 23.4. The number of H-pyrrole nitrogens is 1. The number of rotatable bonds is 10. The van der Waals surface area contributed by atoms with E-state index in [4.69, 9.17) is 14.2 Å². The molecule has 2 atom stereocenters. The minimum absolute atomic E-state index is 0.0793. The SMILES string of the molecule is CCCC(c1nnnn1CC1CCCO1)N(Cc1ccc2c(c1)OCO2)Cc1cc2cc(C)cc(C)c2[nH]c1=O. The number of aromatic nitrogens is 5. The van der Waals surface area contributed by atoms with Gasteiger partial charge in [0.2, 0.25) is 6.79 Å². The summed E-state index contributed by atoms with van der Waals surface area (Å²) in [6.45, 7) is 8.91. The maximum atomic E-state index is 13.4. The molecular formula is C30H36N6O4. The number of nitrogens with one attached hydrogen (secondary N) is 1. The Morgan fingerprint density at radius 2 is 2.00 bits per heavy atom. The summed E-state index contributed by atoms with van der Waals surface area (Å²) in [7, 11) is 0. The number of ether oxygens (including phenoxy) is 3. The maximum absolute atomic E-state index is 13.4. The van der Waals surface area contributed by atoms with Gasteiger partial charge in [-0.15, -0.1) is 5.10 Å². The van der Waals surface area contributed by atoms with Crippen molar-refractivity contribution in [3.8, 4) is 11.5 Å². The molecule has 210 valence electrons. The van der Waals surface area contributed by atoms with Crippen LogP contribution in [0.15, 0.2) is 41.2 Å². The summed E-state index contributed by atoms with van der Waals surface area (Å²) in [5.41, 5.74) is 4.80. The maximum Gasteiger partial charge on any atom is 0.252 e. The van der Waals surface area contributed by atoms with Crippen molar-refractivity contribution >= 4 is 10.9 Å². The number of tetrazole rings is 1. The van der Waals surface area contributed by atoms with Crippen molar-refractivity contribution in [1.82, 2.24) is 30.1 Å². The molecule has 0 saturated carbocycles. The monoisotopic (exact) mass is 544 g/mol. The number of aryl methyl sites for hydroxylation is 2. The van der Waals surface area contributed by atoms with Crippen LogP contribution < -0.4 is 15.0 Å². The van der Waals surface area contributed by atoms with E-state index in [-0.39, 0.29) is 24.5 Å². The van der Waals surface area contributed by atoms with Gasteiger partial charge in [-0.1, -0.05) is 31.0 Å². The lowest BCUT2D eigenvalue weighted by molar-refractivity contribution is 0.0885. The fourth-order valence-electron chi connectivity index (χ4n) is 5.93. The number of nitrogens with zero attached hydrogens (tertiary/aromatic N) is 5. The third kappa shape index (κ3) is 5.46. The first-order valence-corrected chi connectivity index (χ1v) is 14.1. The van der Waals surface area contributed by atoms with E-state index in [9.17, 15) is 4.79 Å². The second-order valence-corrected chi connectivity index (χ2v) is 10.9. The molecule has 1 saturated heterocycles. The summed E-state index contributed by atoms with van der Waals surface area (Å²) in [4.78, 5) is 18.8. The van der Waals surface area contributed by atoms with Crippen LogP contribution in [0.2, 0.25) is 0 Å². The molecule has 1 fully saturated rings. The standard InChI is InChI=1S/C30H36N6O4/c1-4-6-25(29-32-33-34-36(29)17-24-7-5-10-38-24)35(15-21-8-9-26-27(13-21)40-18-39-26)16-23-14-22-12-19(2)11-20(3)28(22)31-30(23)37/h8-9,11-14,24-25H,4-7,10,15-18H2,1-3H3,(H,31,37). The largest absolute Gasteiger partial charge is 0.454 e. The van der Waals surface area contributed by atoms with E-state index in [2.05, 4.69) is 57.5 Å². The van der Waals surface area contributed by atoms with Crippen molar-refractivity contribution in [2.75, 3.05) is 13.4 Å². The minimum atomic E-state index is -0.110. The Morgan fingerprint density at radius 1 is 1.12 bits per heavy atom. The number of aromatic amines is 1. The molecule has 0 amide bonds.